The highest BCUT2D eigenvalue weighted by atomic mass is 35.5. The van der Waals surface area contributed by atoms with E-state index in [9.17, 15) is 4.79 Å². The lowest BCUT2D eigenvalue weighted by atomic mass is 10.2. The Kier molecular flexibility index (Phi) is 5.31. The van der Waals surface area contributed by atoms with E-state index in [0.29, 0.717) is 21.8 Å². The number of amides is 1. The number of carbonyl (C=O) groups is 1. The minimum absolute atomic E-state index is 0.0108. The summed E-state index contributed by atoms with van der Waals surface area (Å²) in [6.45, 7) is 1.82. The molecule has 0 aliphatic heterocycles. The summed E-state index contributed by atoms with van der Waals surface area (Å²) in [6.07, 6.45) is 0. The number of ether oxygens (including phenoxy) is 1. The third kappa shape index (κ3) is 3.72. The van der Waals surface area contributed by atoms with Crippen LogP contribution in [0.15, 0.2) is 23.4 Å². The van der Waals surface area contributed by atoms with Gasteiger partial charge >= 0.3 is 0 Å². The Bertz CT molecular complexity index is 675. The zero-order valence-corrected chi connectivity index (χ0v) is 14.3. The molecule has 0 saturated carbocycles. The quantitative estimate of drug-likeness (QED) is 0.847. The summed E-state index contributed by atoms with van der Waals surface area (Å²) in [5.74, 6) is 1.21. The predicted octanol–water partition coefficient (Wildman–Crippen LogP) is 2.70. The van der Waals surface area contributed by atoms with Crippen LogP contribution in [-0.2, 0) is 4.79 Å². The Balaban J connectivity index is 2.22. The van der Waals surface area contributed by atoms with Crippen molar-refractivity contribution in [2.75, 3.05) is 21.2 Å². The van der Waals surface area contributed by atoms with E-state index >= 15 is 0 Å². The maximum absolute atomic E-state index is 11.9. The summed E-state index contributed by atoms with van der Waals surface area (Å²) in [4.78, 5) is 17.8. The number of carbonyl (C=O) groups excluding carboxylic acids is 1. The number of benzene rings is 1. The van der Waals surface area contributed by atoms with Crippen LogP contribution in [0.1, 0.15) is 6.92 Å². The van der Waals surface area contributed by atoms with Gasteiger partial charge in [0.25, 0.3) is 0 Å². The zero-order valence-electron chi connectivity index (χ0n) is 12.8. The SMILES string of the molecule is COc1ccc(Cl)cc1-c1nc(S[C@@H](C)C(=O)N(C)C)n[nH]1. The number of hydrogen-bond acceptors (Lipinski definition) is 5. The average Bonchev–Trinajstić information content (AvgIpc) is 2.94. The Morgan fingerprint density at radius 3 is 2.82 bits per heavy atom. The van der Waals surface area contributed by atoms with E-state index in [2.05, 4.69) is 15.2 Å². The topological polar surface area (TPSA) is 71.1 Å². The molecule has 22 heavy (non-hydrogen) atoms. The van der Waals surface area contributed by atoms with Crippen molar-refractivity contribution in [3.05, 3.63) is 23.2 Å². The number of aromatic amines is 1. The third-order valence-electron chi connectivity index (χ3n) is 2.95. The minimum Gasteiger partial charge on any atom is -0.496 e. The summed E-state index contributed by atoms with van der Waals surface area (Å²) in [5.41, 5.74) is 0.723. The molecule has 1 N–H and O–H groups in total. The highest BCUT2D eigenvalue weighted by Gasteiger charge is 2.19. The van der Waals surface area contributed by atoms with Gasteiger partial charge < -0.3 is 9.64 Å². The lowest BCUT2D eigenvalue weighted by Crippen LogP contribution is -2.29. The van der Waals surface area contributed by atoms with E-state index in [0.717, 1.165) is 5.56 Å². The van der Waals surface area contributed by atoms with Crippen LogP contribution < -0.4 is 4.74 Å². The van der Waals surface area contributed by atoms with Crippen molar-refractivity contribution in [3.8, 4) is 17.1 Å². The molecule has 0 saturated heterocycles. The number of nitrogens with zero attached hydrogens (tertiary/aromatic N) is 3. The van der Waals surface area contributed by atoms with E-state index in [4.69, 9.17) is 16.3 Å². The Labute approximate surface area is 138 Å². The van der Waals surface area contributed by atoms with Gasteiger partial charge in [-0.25, -0.2) is 4.98 Å². The molecular formula is C14H17ClN4O2S. The minimum atomic E-state index is -0.264. The molecule has 1 heterocycles. The van der Waals surface area contributed by atoms with Crippen molar-refractivity contribution >= 4 is 29.3 Å². The number of H-pyrrole nitrogens is 1. The predicted molar refractivity (Wildman–Crippen MR) is 87.4 cm³/mol. The van der Waals surface area contributed by atoms with Crippen LogP contribution in [0.2, 0.25) is 5.02 Å². The van der Waals surface area contributed by atoms with Crippen LogP contribution in [0.25, 0.3) is 11.4 Å². The first-order chi connectivity index (χ1) is 10.4. The fourth-order valence-corrected chi connectivity index (χ4v) is 2.90. The van der Waals surface area contributed by atoms with E-state index < -0.39 is 0 Å². The molecule has 1 atom stereocenters. The largest absolute Gasteiger partial charge is 0.496 e. The maximum atomic E-state index is 11.9. The first-order valence-corrected chi connectivity index (χ1v) is 7.82. The number of thioether (sulfide) groups is 1. The zero-order chi connectivity index (χ0) is 16.3. The molecule has 0 aliphatic carbocycles. The van der Waals surface area contributed by atoms with Crippen LogP contribution in [0, 0.1) is 0 Å². The number of rotatable bonds is 5. The summed E-state index contributed by atoms with van der Waals surface area (Å²) in [6, 6.07) is 5.27. The van der Waals surface area contributed by atoms with Crippen LogP contribution in [0.4, 0.5) is 0 Å². The second-order valence-corrected chi connectivity index (χ2v) is 6.55. The van der Waals surface area contributed by atoms with Gasteiger partial charge in [-0.3, -0.25) is 9.89 Å². The summed E-state index contributed by atoms with van der Waals surface area (Å²) < 4.78 is 5.30. The van der Waals surface area contributed by atoms with Crippen molar-refractivity contribution in [3.63, 3.8) is 0 Å². The van der Waals surface area contributed by atoms with Crippen LogP contribution in [0.5, 0.6) is 5.75 Å². The number of halogens is 1. The molecule has 2 aromatic rings. The van der Waals surface area contributed by atoms with E-state index in [-0.39, 0.29) is 11.2 Å². The van der Waals surface area contributed by atoms with Crippen molar-refractivity contribution in [2.24, 2.45) is 0 Å². The van der Waals surface area contributed by atoms with E-state index in [1.54, 1.807) is 44.3 Å². The second kappa shape index (κ2) is 7.02. The molecule has 1 amide bonds. The van der Waals surface area contributed by atoms with E-state index in [1.165, 1.54) is 11.8 Å². The molecule has 118 valence electrons. The first kappa shape index (κ1) is 16.6. The number of nitrogens with one attached hydrogen (secondary N) is 1. The lowest BCUT2D eigenvalue weighted by molar-refractivity contribution is -0.127. The Morgan fingerprint density at radius 2 is 2.18 bits per heavy atom. The van der Waals surface area contributed by atoms with Gasteiger partial charge in [0.2, 0.25) is 11.1 Å². The molecule has 8 heteroatoms. The second-order valence-electron chi connectivity index (χ2n) is 4.80. The standard InChI is InChI=1S/C14H17ClN4O2S/c1-8(13(20)19(2)3)22-14-16-12(17-18-14)10-7-9(15)5-6-11(10)21-4/h5-8H,1-4H3,(H,16,17,18)/t8-/m0/s1. The van der Waals surface area contributed by atoms with Crippen LogP contribution >= 0.6 is 23.4 Å². The molecule has 6 nitrogen and oxygen atoms in total. The molecule has 0 bridgehead atoms. The van der Waals surface area contributed by atoms with Gasteiger partial charge in [0.1, 0.15) is 5.75 Å². The summed E-state index contributed by atoms with van der Waals surface area (Å²) in [5, 5.41) is 7.81. The number of hydrogen-bond donors (Lipinski definition) is 1. The van der Waals surface area contributed by atoms with Gasteiger partial charge in [0.15, 0.2) is 5.82 Å². The van der Waals surface area contributed by atoms with Gasteiger partial charge in [-0.1, -0.05) is 23.4 Å². The van der Waals surface area contributed by atoms with Crippen molar-refractivity contribution < 1.29 is 9.53 Å². The van der Waals surface area contributed by atoms with Gasteiger partial charge in [-0.15, -0.1) is 5.10 Å². The molecule has 0 fully saturated rings. The van der Waals surface area contributed by atoms with Gasteiger partial charge in [0.05, 0.1) is 17.9 Å². The summed E-state index contributed by atoms with van der Waals surface area (Å²) in [7, 11) is 5.02. The van der Waals surface area contributed by atoms with Gasteiger partial charge in [0, 0.05) is 19.1 Å². The molecule has 1 aromatic carbocycles. The van der Waals surface area contributed by atoms with Gasteiger partial charge in [-0.05, 0) is 25.1 Å². The highest BCUT2D eigenvalue weighted by Crippen LogP contribution is 2.31. The molecular weight excluding hydrogens is 324 g/mol. The Hall–Kier alpha value is -1.73. The number of methoxy groups -OCH3 is 1. The number of aromatic nitrogens is 3. The molecule has 0 unspecified atom stereocenters. The van der Waals surface area contributed by atoms with Crippen molar-refractivity contribution in [2.45, 2.75) is 17.3 Å². The molecule has 0 aliphatic rings. The fourth-order valence-electron chi connectivity index (χ4n) is 1.86. The third-order valence-corrected chi connectivity index (χ3v) is 4.14. The lowest BCUT2D eigenvalue weighted by Gasteiger charge is -2.14. The van der Waals surface area contributed by atoms with E-state index in [1.807, 2.05) is 6.92 Å². The monoisotopic (exact) mass is 340 g/mol. The maximum Gasteiger partial charge on any atom is 0.235 e. The molecule has 0 radical (unpaired) electrons. The smallest absolute Gasteiger partial charge is 0.235 e. The molecule has 0 spiro atoms. The molecule has 1 aromatic heterocycles. The Morgan fingerprint density at radius 1 is 1.45 bits per heavy atom. The molecule has 2 rings (SSSR count). The van der Waals surface area contributed by atoms with Crippen molar-refractivity contribution in [1.29, 1.82) is 0 Å². The fraction of sp³-hybridized carbons (Fsp3) is 0.357. The summed E-state index contributed by atoms with van der Waals surface area (Å²) >= 11 is 7.31. The van der Waals surface area contributed by atoms with Gasteiger partial charge in [-0.2, -0.15) is 0 Å². The highest BCUT2D eigenvalue weighted by molar-refractivity contribution is 8.00. The average molecular weight is 341 g/mol. The van der Waals surface area contributed by atoms with Crippen molar-refractivity contribution in [1.82, 2.24) is 20.1 Å². The first-order valence-electron chi connectivity index (χ1n) is 6.56. The van der Waals surface area contributed by atoms with Crippen LogP contribution in [-0.4, -0.2) is 52.4 Å². The van der Waals surface area contributed by atoms with Crippen LogP contribution in [0.3, 0.4) is 0 Å². The normalized spacial score (nSPS) is 12.0.